The molecule has 0 bridgehead atoms. The van der Waals surface area contributed by atoms with Crippen molar-refractivity contribution in [3.8, 4) is 0 Å². The number of nitrogens with one attached hydrogen (secondary N) is 6. The molecule has 0 radical (unpaired) electrons. The lowest BCUT2D eigenvalue weighted by Crippen LogP contribution is -2.60. The first-order valence-corrected chi connectivity index (χ1v) is 33.2. The molecule has 96 heavy (non-hydrogen) atoms. The zero-order valence-corrected chi connectivity index (χ0v) is 58.5. The first kappa shape index (κ1) is 80.2. The maximum Gasteiger partial charge on any atom is 0.410 e. The molecule has 12 amide bonds. The largest absolute Gasteiger partial charge is 0.445 e. The number of methoxy groups -OCH3 is 2. The summed E-state index contributed by atoms with van der Waals surface area (Å²) in [6, 6.07) is 6.76. The molecule has 4 rings (SSSR count). The normalized spacial score (nSPS) is 17.4. The minimum absolute atomic E-state index is 0.0226. The lowest BCUT2D eigenvalue weighted by Gasteiger charge is -2.41. The Morgan fingerprint density at radius 1 is 0.719 bits per heavy atom. The highest BCUT2D eigenvalue weighted by Crippen LogP contribution is 2.31. The number of nitrogens with zero attached hydrogens (tertiary/aromatic N) is 4. The Labute approximate surface area is 564 Å². The molecule has 0 aromatic heterocycles. The number of rotatable bonds is 37. The number of likely N-dealkylation sites (N-methyl/N-ethyl adjacent to an activating group) is 2. The smallest absolute Gasteiger partial charge is 0.410 e. The summed E-state index contributed by atoms with van der Waals surface area (Å²) in [5.74, 6) is -7.93. The van der Waals surface area contributed by atoms with Gasteiger partial charge in [0.2, 0.25) is 41.4 Å². The molecule has 2 saturated heterocycles. The number of primary amides is 1. The number of urea groups is 1. The number of carbonyl (C=O) groups excluding carboxylic acids is 12. The quantitative estimate of drug-likeness (QED) is 0.0336. The Hall–Kier alpha value is -8.24. The van der Waals surface area contributed by atoms with Gasteiger partial charge in [-0.25, -0.2) is 14.4 Å². The second-order valence-electron chi connectivity index (χ2n) is 26.2. The SMILES string of the molecule is CCC(C)[C@@H]([C@@H](CC(=O)N1CCC[C@H]1[C@H](OC)[C@@H](C)C(=O)N[C@H](C)[C@@H](O)c1ccc(C)cc1)OC)N(C)C(=O)[C@@H](NC(=O)[C@H](C(C)C)N(C)C(=O)OCc1ccc(NC(=O)[C@H](CCCNC(N)=O)NC(=O)[C@@H](NC(=O)CCCC(=O)ON2C(=O)CCC2=O)C(C)C)cc1)C(C)C. The molecule has 2 aliphatic rings. The van der Waals surface area contributed by atoms with Crippen LogP contribution in [0.1, 0.15) is 163 Å². The highest BCUT2D eigenvalue weighted by molar-refractivity contribution is 6.02. The highest BCUT2D eigenvalue weighted by atomic mass is 16.7. The number of anilines is 1. The van der Waals surface area contributed by atoms with Crippen LogP contribution in [-0.2, 0) is 73.6 Å². The van der Waals surface area contributed by atoms with Gasteiger partial charge in [-0.2, -0.15) is 0 Å². The molecule has 1 unspecified atom stereocenters. The molecular formula is C68H105N11O17. The van der Waals surface area contributed by atoms with Gasteiger partial charge in [-0.1, -0.05) is 111 Å². The molecule has 28 nitrogen and oxygen atoms in total. The highest BCUT2D eigenvalue weighted by Gasteiger charge is 2.44. The van der Waals surface area contributed by atoms with E-state index in [4.69, 9.17) is 24.8 Å². The van der Waals surface area contributed by atoms with Crippen molar-refractivity contribution in [2.75, 3.05) is 46.7 Å². The first-order chi connectivity index (χ1) is 45.3. The van der Waals surface area contributed by atoms with E-state index in [0.29, 0.717) is 47.7 Å². The minimum Gasteiger partial charge on any atom is -0.445 e. The molecule has 9 N–H and O–H groups in total. The summed E-state index contributed by atoms with van der Waals surface area (Å²) in [6.07, 6.45) is -1.91. The Balaban J connectivity index is 1.38. The number of aryl methyl sites for hydroxylation is 1. The van der Waals surface area contributed by atoms with E-state index in [0.717, 1.165) is 10.5 Å². The van der Waals surface area contributed by atoms with Gasteiger partial charge in [-0.15, -0.1) is 5.06 Å². The van der Waals surface area contributed by atoms with Gasteiger partial charge in [-0.05, 0) is 92.9 Å². The second-order valence-corrected chi connectivity index (χ2v) is 26.2. The molecule has 2 aliphatic heterocycles. The Kier molecular flexibility index (Phi) is 32.2. The van der Waals surface area contributed by atoms with E-state index < -0.39 is 144 Å². The van der Waals surface area contributed by atoms with Gasteiger partial charge in [0, 0.05) is 72.8 Å². The van der Waals surface area contributed by atoms with Crippen molar-refractivity contribution in [2.24, 2.45) is 35.3 Å². The summed E-state index contributed by atoms with van der Waals surface area (Å²) < 4.78 is 17.7. The van der Waals surface area contributed by atoms with Crippen LogP contribution < -0.4 is 37.6 Å². The number of carbonyl (C=O) groups is 12. The fourth-order valence-corrected chi connectivity index (χ4v) is 12.0. The van der Waals surface area contributed by atoms with Crippen molar-refractivity contribution in [1.29, 1.82) is 0 Å². The van der Waals surface area contributed by atoms with Crippen LogP contribution in [0.4, 0.5) is 15.3 Å². The van der Waals surface area contributed by atoms with E-state index in [1.807, 2.05) is 45.0 Å². The number of ether oxygens (including phenoxy) is 3. The van der Waals surface area contributed by atoms with Crippen LogP contribution in [0.15, 0.2) is 48.5 Å². The zero-order valence-electron chi connectivity index (χ0n) is 58.5. The van der Waals surface area contributed by atoms with Crippen LogP contribution in [0.5, 0.6) is 0 Å². The Bertz CT molecular complexity index is 2970. The average molecular weight is 1350 g/mol. The molecule has 2 fully saturated rings. The predicted octanol–water partition coefficient (Wildman–Crippen LogP) is 4.68. The average Bonchev–Trinajstić information content (AvgIpc) is 1.58. The molecular weight excluding hydrogens is 1240 g/mol. The third-order valence-electron chi connectivity index (χ3n) is 17.8. The van der Waals surface area contributed by atoms with Crippen molar-refractivity contribution in [3.05, 3.63) is 65.2 Å². The number of hydroxylamine groups is 2. The molecule has 2 aromatic rings. The molecule has 534 valence electrons. The molecule has 12 atom stereocenters. The van der Waals surface area contributed by atoms with Crippen LogP contribution in [-0.4, -0.2) is 192 Å². The van der Waals surface area contributed by atoms with E-state index in [9.17, 15) is 62.6 Å². The van der Waals surface area contributed by atoms with Gasteiger partial charge < -0.3 is 71.6 Å². The number of hydrogen-bond acceptors (Lipinski definition) is 17. The lowest BCUT2D eigenvalue weighted by atomic mass is 9.89. The zero-order chi connectivity index (χ0) is 71.8. The summed E-state index contributed by atoms with van der Waals surface area (Å²) in [6.45, 7) is 20.1. The molecule has 0 aliphatic carbocycles. The molecule has 2 aromatic carbocycles. The van der Waals surface area contributed by atoms with Crippen LogP contribution in [0.2, 0.25) is 0 Å². The van der Waals surface area contributed by atoms with Gasteiger partial charge in [0.15, 0.2) is 0 Å². The van der Waals surface area contributed by atoms with Crippen molar-refractivity contribution < 1.29 is 81.7 Å². The maximum atomic E-state index is 14.8. The number of amides is 12. The number of benzene rings is 2. The third kappa shape index (κ3) is 23.3. The van der Waals surface area contributed by atoms with Gasteiger partial charge in [-0.3, -0.25) is 48.1 Å². The van der Waals surface area contributed by atoms with Crippen molar-refractivity contribution in [3.63, 3.8) is 0 Å². The summed E-state index contributed by atoms with van der Waals surface area (Å²) >= 11 is 0. The van der Waals surface area contributed by atoms with Crippen LogP contribution in [0, 0.1) is 36.5 Å². The fourth-order valence-electron chi connectivity index (χ4n) is 12.0. The third-order valence-corrected chi connectivity index (χ3v) is 17.8. The van der Waals surface area contributed by atoms with E-state index in [1.165, 1.54) is 26.2 Å². The molecule has 2 heterocycles. The summed E-state index contributed by atoms with van der Waals surface area (Å²) in [4.78, 5) is 168. The Morgan fingerprint density at radius 3 is 1.91 bits per heavy atom. The van der Waals surface area contributed by atoms with E-state index >= 15 is 0 Å². The van der Waals surface area contributed by atoms with E-state index in [2.05, 4.69) is 31.9 Å². The number of hydrogen-bond donors (Lipinski definition) is 8. The monoisotopic (exact) mass is 1350 g/mol. The van der Waals surface area contributed by atoms with Gasteiger partial charge in [0.1, 0.15) is 30.8 Å². The number of aliphatic hydroxyl groups excluding tert-OH is 1. The van der Waals surface area contributed by atoms with E-state index in [-0.39, 0.29) is 82.3 Å². The van der Waals surface area contributed by atoms with Gasteiger partial charge in [0.05, 0.1) is 48.8 Å². The Morgan fingerprint density at radius 2 is 1.34 bits per heavy atom. The number of nitrogens with two attached hydrogens (primary N) is 1. The number of imide groups is 1. The summed E-state index contributed by atoms with van der Waals surface area (Å²) in [5, 5.41) is 27.9. The van der Waals surface area contributed by atoms with Crippen LogP contribution in [0.3, 0.4) is 0 Å². The van der Waals surface area contributed by atoms with Gasteiger partial charge >= 0.3 is 18.1 Å². The molecule has 28 heteroatoms. The van der Waals surface area contributed by atoms with Crippen molar-refractivity contribution in [2.45, 2.75) is 214 Å². The fraction of sp³-hybridized carbons (Fsp3) is 0.647. The molecule has 0 spiro atoms. The predicted molar refractivity (Wildman–Crippen MR) is 355 cm³/mol. The lowest BCUT2D eigenvalue weighted by molar-refractivity contribution is -0.197. The topological polar surface area (TPSA) is 373 Å². The minimum atomic E-state index is -1.17. The standard InChI is InChI=1S/C68H105N11O17/c1-16-42(9)59(50(93-14)36-54(83)78-35-19-21-49(78)61(94-15)43(10)62(86)71-44(11)60(85)46-28-24-41(8)25-29-46)76(12)66(90)57(39(4)5)75-65(89)58(40(6)7)77(13)68(92)95-37-45-26-30-47(31-27-45)72-63(87)48(20-18-34-70-67(69)91)73-64(88)56(38(2)3)74-51(80)22-17-23-55(84)96-79-52(81)32-33-53(79)82/h24-31,38-40,42-44,48-50,56-61,85H,16-23,32-37H2,1-15H3,(H,71,86)(H,72,87)(H,73,88)(H,74,80)(H,75,89)(H3,69,70,91)/t42?,43-,44-,48+,49+,50-,56+,57+,58+,59+,60-,61-/m1/s1. The molecule has 0 saturated carbocycles. The van der Waals surface area contributed by atoms with E-state index in [1.54, 1.807) is 91.6 Å². The van der Waals surface area contributed by atoms with Gasteiger partial charge in [0.25, 0.3) is 11.8 Å². The maximum absolute atomic E-state index is 14.8. The number of aliphatic hydroxyl groups is 1. The van der Waals surface area contributed by atoms with Crippen molar-refractivity contribution >= 4 is 76.9 Å². The van der Waals surface area contributed by atoms with Crippen molar-refractivity contribution in [1.82, 2.24) is 46.3 Å². The second kappa shape index (κ2) is 38.5. The summed E-state index contributed by atoms with van der Waals surface area (Å²) in [5.41, 5.74) is 7.74. The van der Waals surface area contributed by atoms with Crippen LogP contribution in [0.25, 0.3) is 0 Å². The van der Waals surface area contributed by atoms with Crippen LogP contribution >= 0.6 is 0 Å². The first-order valence-electron chi connectivity index (χ1n) is 33.2. The summed E-state index contributed by atoms with van der Waals surface area (Å²) in [7, 11) is 6.05. The number of likely N-dealkylation sites (tertiary alicyclic amines) is 1.